The van der Waals surface area contributed by atoms with Crippen LogP contribution in [-0.4, -0.2) is 23.9 Å². The molecular weight excluding hydrogens is 198 g/mol. The lowest BCUT2D eigenvalue weighted by Gasteiger charge is -2.26. The minimum Gasteiger partial charge on any atom is -0.339 e. The third-order valence-electron chi connectivity index (χ3n) is 3.06. The fraction of sp³-hybridized carbons (Fsp3) is 0.357. The molecule has 2 heteroatoms. The molecular formula is C14H17NO. The molecule has 0 spiro atoms. The summed E-state index contributed by atoms with van der Waals surface area (Å²) in [5.74, 6) is 0.171. The highest BCUT2D eigenvalue weighted by Gasteiger charge is 2.15. The van der Waals surface area contributed by atoms with Gasteiger partial charge >= 0.3 is 0 Å². The number of nitrogens with zero attached hydrogens (tertiary/aromatic N) is 1. The molecule has 0 atom stereocenters. The highest BCUT2D eigenvalue weighted by Crippen LogP contribution is 2.23. The van der Waals surface area contributed by atoms with Crippen molar-refractivity contribution in [2.24, 2.45) is 0 Å². The molecule has 1 aliphatic carbocycles. The van der Waals surface area contributed by atoms with Crippen LogP contribution in [0.1, 0.15) is 19.8 Å². The maximum absolute atomic E-state index is 11.2. The summed E-state index contributed by atoms with van der Waals surface area (Å²) in [6.45, 7) is 3.25. The van der Waals surface area contributed by atoms with Crippen molar-refractivity contribution in [3.8, 4) is 0 Å². The third kappa shape index (κ3) is 2.51. The van der Waals surface area contributed by atoms with Crippen LogP contribution in [0, 0.1) is 0 Å². The molecule has 0 saturated carbocycles. The van der Waals surface area contributed by atoms with Gasteiger partial charge < -0.3 is 4.90 Å². The van der Waals surface area contributed by atoms with Crippen LogP contribution in [-0.2, 0) is 4.79 Å². The molecule has 0 saturated heterocycles. The summed E-state index contributed by atoms with van der Waals surface area (Å²) >= 11 is 0. The second-order valence-corrected chi connectivity index (χ2v) is 4.15. The first-order valence-electron chi connectivity index (χ1n) is 5.74. The molecule has 0 unspecified atom stereocenters. The second-order valence-electron chi connectivity index (χ2n) is 4.15. The smallest absolute Gasteiger partial charge is 0.219 e. The van der Waals surface area contributed by atoms with E-state index in [1.807, 2.05) is 4.90 Å². The Morgan fingerprint density at radius 2 is 2.12 bits per heavy atom. The van der Waals surface area contributed by atoms with Gasteiger partial charge in [0.05, 0.1) is 0 Å². The molecule has 0 aromatic carbocycles. The van der Waals surface area contributed by atoms with Gasteiger partial charge in [0.25, 0.3) is 0 Å². The molecule has 0 radical (unpaired) electrons. The third-order valence-corrected chi connectivity index (χ3v) is 3.06. The van der Waals surface area contributed by atoms with Crippen LogP contribution in [0.5, 0.6) is 0 Å². The number of amides is 1. The van der Waals surface area contributed by atoms with Gasteiger partial charge in [0, 0.05) is 20.0 Å². The number of allylic oxidation sites excluding steroid dienone is 6. The van der Waals surface area contributed by atoms with E-state index in [4.69, 9.17) is 0 Å². The highest BCUT2D eigenvalue weighted by atomic mass is 16.2. The van der Waals surface area contributed by atoms with Crippen LogP contribution >= 0.6 is 0 Å². The topological polar surface area (TPSA) is 20.3 Å². The summed E-state index contributed by atoms with van der Waals surface area (Å²) in [6, 6.07) is 0. The van der Waals surface area contributed by atoms with Crippen LogP contribution in [0.25, 0.3) is 0 Å². The molecule has 0 fully saturated rings. The molecule has 1 aliphatic heterocycles. The Hall–Kier alpha value is -1.57. The zero-order valence-corrected chi connectivity index (χ0v) is 9.65. The van der Waals surface area contributed by atoms with Crippen molar-refractivity contribution in [1.82, 2.24) is 4.90 Å². The summed E-state index contributed by atoms with van der Waals surface area (Å²) in [5.41, 5.74) is 2.78. The lowest BCUT2D eigenvalue weighted by Crippen LogP contribution is -2.33. The van der Waals surface area contributed by atoms with Crippen molar-refractivity contribution < 1.29 is 4.79 Å². The first kappa shape index (κ1) is 10.9. The zero-order valence-electron chi connectivity index (χ0n) is 9.65. The normalized spacial score (nSPS) is 20.2. The Morgan fingerprint density at radius 3 is 2.81 bits per heavy atom. The van der Waals surface area contributed by atoms with Crippen LogP contribution in [0.3, 0.4) is 0 Å². The maximum atomic E-state index is 11.2. The van der Waals surface area contributed by atoms with Crippen LogP contribution in [0.2, 0.25) is 0 Å². The van der Waals surface area contributed by atoms with Crippen molar-refractivity contribution in [3.05, 3.63) is 47.6 Å². The Kier molecular flexibility index (Phi) is 3.40. The van der Waals surface area contributed by atoms with Gasteiger partial charge in [-0.2, -0.15) is 0 Å². The summed E-state index contributed by atoms with van der Waals surface area (Å²) in [4.78, 5) is 13.1. The molecule has 0 N–H and O–H groups in total. The quantitative estimate of drug-likeness (QED) is 0.658. The molecule has 2 aliphatic rings. The minimum atomic E-state index is 0.171. The van der Waals surface area contributed by atoms with Gasteiger partial charge in [-0.25, -0.2) is 0 Å². The lowest BCUT2D eigenvalue weighted by molar-refractivity contribution is -0.128. The number of hydrogen-bond donors (Lipinski definition) is 0. The molecule has 1 amide bonds. The molecule has 16 heavy (non-hydrogen) atoms. The molecule has 0 aromatic rings. The van der Waals surface area contributed by atoms with Crippen LogP contribution < -0.4 is 0 Å². The molecule has 84 valence electrons. The standard InChI is InChI=1S/C14H17NO/c1-12(16)15-10-8-14(9-11-15)13-6-4-2-3-5-7-13/h2-6,8H,7,9-11H2,1H3. The molecule has 1 heterocycles. The predicted octanol–water partition coefficient (Wildman–Crippen LogP) is 2.61. The number of carbonyl (C=O) groups is 1. The molecule has 0 aromatic heterocycles. The van der Waals surface area contributed by atoms with Crippen molar-refractivity contribution in [2.75, 3.05) is 13.1 Å². The van der Waals surface area contributed by atoms with Crippen LogP contribution in [0.4, 0.5) is 0 Å². The van der Waals surface area contributed by atoms with Gasteiger partial charge in [-0.05, 0) is 24.0 Å². The first-order chi connectivity index (χ1) is 7.77. The second kappa shape index (κ2) is 4.97. The Morgan fingerprint density at radius 1 is 1.25 bits per heavy atom. The summed E-state index contributed by atoms with van der Waals surface area (Å²) < 4.78 is 0. The van der Waals surface area contributed by atoms with Crippen molar-refractivity contribution in [2.45, 2.75) is 19.8 Å². The van der Waals surface area contributed by atoms with Crippen LogP contribution in [0.15, 0.2) is 47.6 Å². The van der Waals surface area contributed by atoms with E-state index in [9.17, 15) is 4.79 Å². The van der Waals surface area contributed by atoms with Crippen molar-refractivity contribution >= 4 is 5.91 Å². The van der Waals surface area contributed by atoms with E-state index in [1.165, 1.54) is 11.1 Å². The Balaban J connectivity index is 2.07. The van der Waals surface area contributed by atoms with E-state index in [-0.39, 0.29) is 5.91 Å². The van der Waals surface area contributed by atoms with E-state index in [0.717, 1.165) is 25.9 Å². The van der Waals surface area contributed by atoms with Gasteiger partial charge in [0.2, 0.25) is 5.91 Å². The number of carbonyl (C=O) groups excluding carboxylic acids is 1. The van der Waals surface area contributed by atoms with E-state index in [2.05, 4.69) is 36.5 Å². The lowest BCUT2D eigenvalue weighted by atomic mass is 9.97. The predicted molar refractivity (Wildman–Crippen MR) is 65.9 cm³/mol. The van der Waals surface area contributed by atoms with E-state index in [1.54, 1.807) is 6.92 Å². The van der Waals surface area contributed by atoms with Gasteiger partial charge in [-0.3, -0.25) is 4.79 Å². The zero-order chi connectivity index (χ0) is 11.4. The van der Waals surface area contributed by atoms with E-state index in [0.29, 0.717) is 0 Å². The average Bonchev–Trinajstić information content (AvgIpc) is 2.57. The summed E-state index contributed by atoms with van der Waals surface area (Å²) in [6.07, 6.45) is 14.7. The van der Waals surface area contributed by atoms with Gasteiger partial charge in [0.15, 0.2) is 0 Å². The van der Waals surface area contributed by atoms with Crippen molar-refractivity contribution in [3.63, 3.8) is 0 Å². The Bertz CT molecular complexity index is 399. The molecule has 2 nitrogen and oxygen atoms in total. The molecule has 0 bridgehead atoms. The number of rotatable bonds is 1. The SMILES string of the molecule is CC(=O)N1CC=C(C2=CC=CC=CC2)CC1. The van der Waals surface area contributed by atoms with Gasteiger partial charge in [0.1, 0.15) is 0 Å². The Labute approximate surface area is 96.6 Å². The fourth-order valence-electron chi connectivity index (χ4n) is 2.06. The monoisotopic (exact) mass is 215 g/mol. The highest BCUT2D eigenvalue weighted by molar-refractivity contribution is 5.73. The fourth-order valence-corrected chi connectivity index (χ4v) is 2.06. The van der Waals surface area contributed by atoms with Gasteiger partial charge in [-0.15, -0.1) is 0 Å². The molecule has 2 rings (SSSR count). The minimum absolute atomic E-state index is 0.171. The maximum Gasteiger partial charge on any atom is 0.219 e. The first-order valence-corrected chi connectivity index (χ1v) is 5.74. The van der Waals surface area contributed by atoms with E-state index < -0.39 is 0 Å². The van der Waals surface area contributed by atoms with Gasteiger partial charge in [-0.1, -0.05) is 36.5 Å². The summed E-state index contributed by atoms with van der Waals surface area (Å²) in [5, 5.41) is 0. The largest absolute Gasteiger partial charge is 0.339 e. The summed E-state index contributed by atoms with van der Waals surface area (Å²) in [7, 11) is 0. The average molecular weight is 215 g/mol. The number of hydrogen-bond acceptors (Lipinski definition) is 1. The van der Waals surface area contributed by atoms with Crippen molar-refractivity contribution in [1.29, 1.82) is 0 Å². The van der Waals surface area contributed by atoms with E-state index >= 15 is 0 Å².